The smallest absolute Gasteiger partial charge is 0.293 e. The Kier molecular flexibility index (Phi) is 1.87. The first-order chi connectivity index (χ1) is 4.67. The summed E-state index contributed by atoms with van der Waals surface area (Å²) >= 11 is 0. The predicted molar refractivity (Wildman–Crippen MR) is 29.7 cm³/mol. The van der Waals surface area contributed by atoms with E-state index in [1.165, 1.54) is 0 Å². The summed E-state index contributed by atoms with van der Waals surface area (Å²) in [5.74, 6) is -3.03. The van der Waals surface area contributed by atoms with Gasteiger partial charge in [-0.3, -0.25) is 4.79 Å². The van der Waals surface area contributed by atoms with Crippen LogP contribution in [0.25, 0.3) is 0 Å². The highest BCUT2D eigenvalue weighted by atomic mass is 19.3. The number of halogens is 2. The minimum atomic E-state index is -2.48. The van der Waals surface area contributed by atoms with E-state index >= 15 is 0 Å². The van der Waals surface area contributed by atoms with Crippen molar-refractivity contribution in [3.8, 4) is 0 Å². The first-order valence-electron chi connectivity index (χ1n) is 3.10. The molecule has 58 valence electrons. The molecule has 0 saturated heterocycles. The summed E-state index contributed by atoms with van der Waals surface area (Å²) < 4.78 is 28.4. The van der Waals surface area contributed by atoms with Gasteiger partial charge in [0.15, 0.2) is 0 Å². The Hall–Kier alpha value is -0.670. The molecule has 0 radical (unpaired) electrons. The normalized spacial score (nSPS) is 27.6. The molecule has 4 heteroatoms. The van der Waals surface area contributed by atoms with Crippen LogP contribution in [0.5, 0.6) is 0 Å². The van der Waals surface area contributed by atoms with Gasteiger partial charge in [0.2, 0.25) is 0 Å². The molecule has 0 aromatic rings. The maximum absolute atomic E-state index is 12.1. The Morgan fingerprint density at radius 1 is 1.70 bits per heavy atom. The highest BCUT2D eigenvalue weighted by Gasteiger charge is 2.56. The van der Waals surface area contributed by atoms with Crippen LogP contribution in [0.1, 0.15) is 12.8 Å². The second-order valence-corrected chi connectivity index (χ2v) is 2.42. The van der Waals surface area contributed by atoms with Gasteiger partial charge in [-0.1, -0.05) is 0 Å². The van der Waals surface area contributed by atoms with E-state index in [1.54, 1.807) is 0 Å². The van der Waals surface area contributed by atoms with Gasteiger partial charge < -0.3 is 4.74 Å². The lowest BCUT2D eigenvalue weighted by Crippen LogP contribution is -1.98. The summed E-state index contributed by atoms with van der Waals surface area (Å²) in [6, 6.07) is 0. The van der Waals surface area contributed by atoms with E-state index in [-0.39, 0.29) is 25.9 Å². The minimum absolute atomic E-state index is 0.0464. The van der Waals surface area contributed by atoms with Crippen LogP contribution in [0.15, 0.2) is 0 Å². The molecule has 10 heavy (non-hydrogen) atoms. The molecular formula is C6H8F2O2. The highest BCUT2D eigenvalue weighted by Crippen LogP contribution is 2.50. The Balaban J connectivity index is 2.02. The molecule has 0 amide bonds. The number of alkyl halides is 2. The van der Waals surface area contributed by atoms with Crippen molar-refractivity contribution >= 4 is 6.47 Å². The van der Waals surface area contributed by atoms with Crippen LogP contribution in [0, 0.1) is 5.92 Å². The molecule has 0 aromatic heterocycles. The lowest BCUT2D eigenvalue weighted by atomic mass is 10.3. The van der Waals surface area contributed by atoms with Gasteiger partial charge in [-0.15, -0.1) is 0 Å². The van der Waals surface area contributed by atoms with Crippen LogP contribution in [0.4, 0.5) is 8.78 Å². The molecule has 0 bridgehead atoms. The van der Waals surface area contributed by atoms with Crippen molar-refractivity contribution in [2.75, 3.05) is 6.61 Å². The monoisotopic (exact) mass is 150 g/mol. The summed E-state index contributed by atoms with van der Waals surface area (Å²) in [6.45, 7) is 0.393. The second-order valence-electron chi connectivity index (χ2n) is 2.42. The maximum Gasteiger partial charge on any atom is 0.293 e. The van der Waals surface area contributed by atoms with Crippen molar-refractivity contribution < 1.29 is 18.3 Å². The predicted octanol–water partition coefficient (Wildman–Crippen LogP) is 1.20. The molecule has 2 nitrogen and oxygen atoms in total. The Bertz CT molecular complexity index is 136. The van der Waals surface area contributed by atoms with Crippen LogP contribution < -0.4 is 0 Å². The van der Waals surface area contributed by atoms with Gasteiger partial charge in [-0.25, -0.2) is 8.78 Å². The fourth-order valence-electron chi connectivity index (χ4n) is 0.841. The van der Waals surface area contributed by atoms with Crippen molar-refractivity contribution in [3.05, 3.63) is 0 Å². The highest BCUT2D eigenvalue weighted by molar-refractivity contribution is 5.36. The number of rotatable bonds is 4. The minimum Gasteiger partial charge on any atom is -0.468 e. The largest absolute Gasteiger partial charge is 0.468 e. The zero-order chi connectivity index (χ0) is 7.61. The number of carbonyl (C=O) groups is 1. The lowest BCUT2D eigenvalue weighted by Gasteiger charge is -1.95. The van der Waals surface area contributed by atoms with Crippen LogP contribution >= 0.6 is 0 Å². The quantitative estimate of drug-likeness (QED) is 0.444. The molecule has 1 rings (SSSR count). The molecule has 0 heterocycles. The number of hydrogen-bond acceptors (Lipinski definition) is 2. The molecule has 1 unspecified atom stereocenters. The third-order valence-electron chi connectivity index (χ3n) is 1.61. The Labute approximate surface area is 57.2 Å². The zero-order valence-corrected chi connectivity index (χ0v) is 5.35. The molecule has 0 spiro atoms. The second kappa shape index (κ2) is 2.52. The van der Waals surface area contributed by atoms with Gasteiger partial charge >= 0.3 is 0 Å². The average molecular weight is 150 g/mol. The number of hydrogen-bond donors (Lipinski definition) is 0. The van der Waals surface area contributed by atoms with E-state index < -0.39 is 11.8 Å². The number of ether oxygens (including phenoxy) is 1. The van der Waals surface area contributed by atoms with Crippen LogP contribution in [-0.4, -0.2) is 19.0 Å². The topological polar surface area (TPSA) is 26.3 Å². The molecule has 0 aliphatic heterocycles. The summed E-state index contributed by atoms with van der Waals surface area (Å²) in [4.78, 5) is 9.56. The van der Waals surface area contributed by atoms with Gasteiger partial charge in [0.05, 0.1) is 6.61 Å². The van der Waals surface area contributed by atoms with E-state index in [4.69, 9.17) is 0 Å². The van der Waals surface area contributed by atoms with Crippen LogP contribution in [0.2, 0.25) is 0 Å². The summed E-state index contributed by atoms with van der Waals surface area (Å²) in [5.41, 5.74) is 0. The first-order valence-corrected chi connectivity index (χ1v) is 3.10. The Morgan fingerprint density at radius 3 is 2.70 bits per heavy atom. The van der Waals surface area contributed by atoms with Gasteiger partial charge in [0.1, 0.15) is 0 Å². The zero-order valence-electron chi connectivity index (χ0n) is 5.35. The SMILES string of the molecule is O=COCCC1CC1(F)F. The standard InChI is InChI=1S/C6H8F2O2/c7-6(8)3-5(6)1-2-10-4-9/h4-5H,1-3H2. The van der Waals surface area contributed by atoms with Gasteiger partial charge in [-0.2, -0.15) is 0 Å². The van der Waals surface area contributed by atoms with Gasteiger partial charge in [-0.05, 0) is 6.42 Å². The average Bonchev–Trinajstić information content (AvgIpc) is 2.41. The Morgan fingerprint density at radius 2 is 2.30 bits per heavy atom. The molecule has 0 aromatic carbocycles. The van der Waals surface area contributed by atoms with Crippen LogP contribution in [0.3, 0.4) is 0 Å². The molecule has 1 aliphatic rings. The van der Waals surface area contributed by atoms with Crippen molar-refractivity contribution in [3.63, 3.8) is 0 Å². The van der Waals surface area contributed by atoms with Crippen molar-refractivity contribution in [2.24, 2.45) is 5.92 Å². The fourth-order valence-corrected chi connectivity index (χ4v) is 0.841. The third kappa shape index (κ3) is 1.65. The van der Waals surface area contributed by atoms with Crippen molar-refractivity contribution in [1.82, 2.24) is 0 Å². The fraction of sp³-hybridized carbons (Fsp3) is 0.833. The first kappa shape index (κ1) is 7.44. The molecule has 1 atom stereocenters. The maximum atomic E-state index is 12.1. The number of carbonyl (C=O) groups excluding carboxylic acids is 1. The van der Waals surface area contributed by atoms with Crippen molar-refractivity contribution in [1.29, 1.82) is 0 Å². The van der Waals surface area contributed by atoms with E-state index in [1.807, 2.05) is 0 Å². The van der Waals surface area contributed by atoms with E-state index in [0.29, 0.717) is 0 Å². The molecular weight excluding hydrogens is 142 g/mol. The molecule has 1 fully saturated rings. The molecule has 1 saturated carbocycles. The molecule has 1 aliphatic carbocycles. The summed E-state index contributed by atoms with van der Waals surface area (Å²) in [6.07, 6.45) is 0.237. The van der Waals surface area contributed by atoms with E-state index in [2.05, 4.69) is 4.74 Å². The summed E-state index contributed by atoms with van der Waals surface area (Å²) in [5, 5.41) is 0. The van der Waals surface area contributed by atoms with Crippen molar-refractivity contribution in [2.45, 2.75) is 18.8 Å². The van der Waals surface area contributed by atoms with Crippen LogP contribution in [-0.2, 0) is 9.53 Å². The van der Waals surface area contributed by atoms with Gasteiger partial charge in [0.25, 0.3) is 12.4 Å². The van der Waals surface area contributed by atoms with Gasteiger partial charge in [0, 0.05) is 12.3 Å². The molecule has 0 N–H and O–H groups in total. The lowest BCUT2D eigenvalue weighted by molar-refractivity contribution is -0.129. The third-order valence-corrected chi connectivity index (χ3v) is 1.61. The van der Waals surface area contributed by atoms with E-state index in [9.17, 15) is 13.6 Å². The van der Waals surface area contributed by atoms with E-state index in [0.717, 1.165) is 0 Å². The summed E-state index contributed by atoms with van der Waals surface area (Å²) in [7, 11) is 0.